The summed E-state index contributed by atoms with van der Waals surface area (Å²) in [5, 5.41) is 13.5. The van der Waals surface area contributed by atoms with E-state index in [2.05, 4.69) is 40.3 Å². The lowest BCUT2D eigenvalue weighted by atomic mass is 9.92. The van der Waals surface area contributed by atoms with E-state index in [1.54, 1.807) is 6.07 Å². The molecule has 2 fully saturated rings. The monoisotopic (exact) mass is 478 g/mol. The van der Waals surface area contributed by atoms with Crippen LogP contribution in [0.5, 0.6) is 5.75 Å². The van der Waals surface area contributed by atoms with Gasteiger partial charge in [0, 0.05) is 38.7 Å². The smallest absolute Gasteiger partial charge is 0.407 e. The van der Waals surface area contributed by atoms with Gasteiger partial charge in [-0.2, -0.15) is 0 Å². The molecule has 1 aromatic carbocycles. The second kappa shape index (κ2) is 10.2. The number of fused-ring (bicyclic) bond motifs is 1. The first-order valence-electron chi connectivity index (χ1n) is 12.5. The molecule has 2 saturated heterocycles. The van der Waals surface area contributed by atoms with Crippen LogP contribution in [0.2, 0.25) is 0 Å². The van der Waals surface area contributed by atoms with E-state index in [1.165, 1.54) is 5.57 Å². The van der Waals surface area contributed by atoms with E-state index >= 15 is 0 Å². The number of aromatic hydroxyl groups is 1. The van der Waals surface area contributed by atoms with Gasteiger partial charge in [0.25, 0.3) is 0 Å². The molecule has 0 bridgehead atoms. The molecule has 2 N–H and O–H groups in total. The maximum Gasteiger partial charge on any atom is 0.407 e. The standard InChI is InChI=1S/C27H34N4O4/c1-18-9-10-21-23(14-18)30(2)25(22-7-3-4-8-24(22)32)29-26(21)31-12-5-6-19(16-31)15-28-27(33)35-20-11-13-34-17-20/h3-4,7-10,14,19-20,23,32H,5-6,11-13,15-17H2,1-2H3,(H,28,33)/t19-,20-,23?/m1/s1. The number of rotatable bonds is 5. The van der Waals surface area contributed by atoms with Crippen molar-refractivity contribution >= 4 is 11.9 Å². The van der Waals surface area contributed by atoms with E-state index in [1.807, 2.05) is 25.2 Å². The Morgan fingerprint density at radius 1 is 1.29 bits per heavy atom. The predicted octanol–water partition coefficient (Wildman–Crippen LogP) is 3.41. The van der Waals surface area contributed by atoms with Crippen molar-refractivity contribution in [3.05, 3.63) is 65.0 Å². The number of phenols is 1. The van der Waals surface area contributed by atoms with E-state index in [0.717, 1.165) is 55.1 Å². The van der Waals surface area contributed by atoms with E-state index < -0.39 is 0 Å². The van der Waals surface area contributed by atoms with Crippen LogP contribution < -0.4 is 5.32 Å². The number of ether oxygens (including phenoxy) is 2. The van der Waals surface area contributed by atoms with Crippen LogP contribution in [0, 0.1) is 5.92 Å². The summed E-state index contributed by atoms with van der Waals surface area (Å²) in [7, 11) is 2.03. The van der Waals surface area contributed by atoms with Crippen molar-refractivity contribution in [2.75, 3.05) is 39.9 Å². The van der Waals surface area contributed by atoms with Crippen molar-refractivity contribution in [2.45, 2.75) is 38.3 Å². The maximum absolute atomic E-state index is 12.2. The van der Waals surface area contributed by atoms with Crippen molar-refractivity contribution in [3.63, 3.8) is 0 Å². The molecule has 0 aromatic heterocycles. The Morgan fingerprint density at radius 2 is 2.14 bits per heavy atom. The maximum atomic E-state index is 12.2. The predicted molar refractivity (Wildman–Crippen MR) is 134 cm³/mol. The first-order chi connectivity index (χ1) is 17.0. The first kappa shape index (κ1) is 23.5. The molecular formula is C27H34N4O4. The summed E-state index contributed by atoms with van der Waals surface area (Å²) in [4.78, 5) is 21.8. The summed E-state index contributed by atoms with van der Waals surface area (Å²) in [6.07, 6.45) is 8.86. The molecule has 5 rings (SSSR count). The molecule has 3 aliphatic heterocycles. The number of aliphatic imine (C=N–C) groups is 1. The summed E-state index contributed by atoms with van der Waals surface area (Å²) in [5.41, 5.74) is 3.09. The number of piperidine rings is 1. The van der Waals surface area contributed by atoms with Gasteiger partial charge in [0.1, 0.15) is 23.5 Å². The van der Waals surface area contributed by atoms with Gasteiger partial charge in [0.05, 0.1) is 24.8 Å². The Morgan fingerprint density at radius 3 is 2.94 bits per heavy atom. The number of para-hydroxylation sites is 1. The van der Waals surface area contributed by atoms with Crippen molar-refractivity contribution in [2.24, 2.45) is 10.9 Å². The number of benzene rings is 1. The number of amidine groups is 1. The number of carbonyl (C=O) groups is 1. The number of hydrogen-bond acceptors (Lipinski definition) is 7. The minimum atomic E-state index is -0.366. The summed E-state index contributed by atoms with van der Waals surface area (Å²) >= 11 is 0. The van der Waals surface area contributed by atoms with Gasteiger partial charge in [-0.25, -0.2) is 9.79 Å². The number of alkyl carbamates (subject to hydrolysis) is 1. The average molecular weight is 479 g/mol. The topological polar surface area (TPSA) is 86.6 Å². The molecule has 4 aliphatic rings. The zero-order chi connectivity index (χ0) is 24.4. The minimum absolute atomic E-state index is 0.0456. The van der Waals surface area contributed by atoms with Gasteiger partial charge in [-0.15, -0.1) is 0 Å². The highest BCUT2D eigenvalue weighted by Gasteiger charge is 2.34. The third kappa shape index (κ3) is 5.07. The summed E-state index contributed by atoms with van der Waals surface area (Å²) in [6, 6.07) is 7.40. The van der Waals surface area contributed by atoms with Crippen LogP contribution in [0.15, 0.2) is 64.5 Å². The van der Waals surface area contributed by atoms with Crippen LogP contribution in [-0.2, 0) is 9.47 Å². The number of phenolic OH excluding ortho intramolecular Hbond substituents is 1. The average Bonchev–Trinajstić information content (AvgIpc) is 3.37. The summed E-state index contributed by atoms with van der Waals surface area (Å²) in [6.45, 7) is 5.51. The zero-order valence-corrected chi connectivity index (χ0v) is 20.4. The van der Waals surface area contributed by atoms with Crippen LogP contribution in [0.1, 0.15) is 31.7 Å². The lowest BCUT2D eigenvalue weighted by Crippen LogP contribution is -2.46. The van der Waals surface area contributed by atoms with E-state index in [4.69, 9.17) is 14.5 Å². The first-order valence-corrected chi connectivity index (χ1v) is 12.5. The third-order valence-electron chi connectivity index (χ3n) is 7.15. The molecule has 0 saturated carbocycles. The fourth-order valence-corrected chi connectivity index (χ4v) is 5.23. The van der Waals surface area contributed by atoms with Gasteiger partial charge in [-0.05, 0) is 37.8 Å². The third-order valence-corrected chi connectivity index (χ3v) is 7.15. The normalized spacial score (nSPS) is 26.3. The van der Waals surface area contributed by atoms with Gasteiger partial charge in [-0.3, -0.25) is 0 Å². The Kier molecular flexibility index (Phi) is 6.81. The lowest BCUT2D eigenvalue weighted by molar-refractivity contribution is 0.0811. The molecular weight excluding hydrogens is 444 g/mol. The molecule has 186 valence electrons. The van der Waals surface area contributed by atoms with Crippen LogP contribution in [0.25, 0.3) is 0 Å². The molecule has 0 spiro atoms. The molecule has 8 heteroatoms. The minimum Gasteiger partial charge on any atom is -0.507 e. The summed E-state index contributed by atoms with van der Waals surface area (Å²) < 4.78 is 10.7. The zero-order valence-electron chi connectivity index (χ0n) is 20.4. The number of allylic oxidation sites excluding steroid dienone is 2. The number of carbonyl (C=O) groups excluding carboxylic acids is 1. The highest BCUT2D eigenvalue weighted by Crippen LogP contribution is 2.34. The van der Waals surface area contributed by atoms with Gasteiger partial charge < -0.3 is 29.7 Å². The second-order valence-corrected chi connectivity index (χ2v) is 9.76. The molecule has 35 heavy (non-hydrogen) atoms. The molecule has 1 amide bonds. The van der Waals surface area contributed by atoms with Gasteiger partial charge in [-0.1, -0.05) is 35.9 Å². The number of hydrogen-bond donors (Lipinski definition) is 2. The highest BCUT2D eigenvalue weighted by atomic mass is 16.6. The van der Waals surface area contributed by atoms with Crippen molar-refractivity contribution in [1.29, 1.82) is 0 Å². The number of likely N-dealkylation sites (tertiary alicyclic amines) is 1. The largest absolute Gasteiger partial charge is 0.507 e. The second-order valence-electron chi connectivity index (χ2n) is 9.76. The van der Waals surface area contributed by atoms with Crippen LogP contribution >= 0.6 is 0 Å². The summed E-state index contributed by atoms with van der Waals surface area (Å²) in [5.74, 6) is 2.23. The Labute approximate surface area is 206 Å². The molecule has 1 aliphatic carbocycles. The number of nitrogens with one attached hydrogen (secondary N) is 1. The van der Waals surface area contributed by atoms with E-state index in [0.29, 0.717) is 25.7 Å². The van der Waals surface area contributed by atoms with Crippen molar-refractivity contribution in [1.82, 2.24) is 15.1 Å². The van der Waals surface area contributed by atoms with Crippen LogP contribution in [0.4, 0.5) is 4.79 Å². The molecule has 3 heterocycles. The number of nitrogens with zero attached hydrogens (tertiary/aromatic N) is 3. The Balaban J connectivity index is 1.35. The van der Waals surface area contributed by atoms with Gasteiger partial charge >= 0.3 is 6.09 Å². The van der Waals surface area contributed by atoms with Crippen molar-refractivity contribution < 1.29 is 19.4 Å². The van der Waals surface area contributed by atoms with Crippen molar-refractivity contribution in [3.8, 4) is 5.75 Å². The lowest BCUT2D eigenvalue weighted by Gasteiger charge is -2.41. The molecule has 1 aromatic rings. The van der Waals surface area contributed by atoms with Gasteiger partial charge in [0.15, 0.2) is 0 Å². The number of amides is 1. The fourth-order valence-electron chi connectivity index (χ4n) is 5.23. The Hall–Kier alpha value is -3.26. The number of likely N-dealkylation sites (N-methyl/N-ethyl adjacent to an activating group) is 1. The molecule has 8 nitrogen and oxygen atoms in total. The van der Waals surface area contributed by atoms with Crippen LogP contribution in [-0.4, -0.2) is 78.9 Å². The quantitative estimate of drug-likeness (QED) is 0.675. The van der Waals surface area contributed by atoms with E-state index in [9.17, 15) is 9.90 Å². The van der Waals surface area contributed by atoms with Crippen LogP contribution in [0.3, 0.4) is 0 Å². The molecule has 1 unspecified atom stereocenters. The highest BCUT2D eigenvalue weighted by molar-refractivity contribution is 6.02. The van der Waals surface area contributed by atoms with Gasteiger partial charge in [0.2, 0.25) is 0 Å². The Bertz CT molecular complexity index is 1090. The van der Waals surface area contributed by atoms with E-state index in [-0.39, 0.29) is 24.0 Å². The molecule has 3 atom stereocenters. The molecule has 0 radical (unpaired) electrons. The SMILES string of the molecule is CC1=CC2C(=C(N3CCC[C@H](CNC(=O)O[C@@H]4CCOC4)C3)N=C(c3ccccc3O)N2C)C=C1. The fraction of sp³-hybridized carbons (Fsp3) is 0.481.